The first kappa shape index (κ1) is 18.7. The van der Waals surface area contributed by atoms with Gasteiger partial charge in [0.15, 0.2) is 11.5 Å². The third-order valence-corrected chi connectivity index (χ3v) is 4.76. The van der Waals surface area contributed by atoms with Gasteiger partial charge in [-0.3, -0.25) is 4.90 Å². The Morgan fingerprint density at radius 1 is 1.35 bits per heavy atom. The van der Waals surface area contributed by atoms with Crippen LogP contribution in [0.15, 0.2) is 36.9 Å². The molecule has 7 nitrogen and oxygen atoms in total. The number of piperidine rings is 1. The fourth-order valence-corrected chi connectivity index (χ4v) is 3.39. The highest BCUT2D eigenvalue weighted by Gasteiger charge is 2.32. The van der Waals surface area contributed by atoms with E-state index in [2.05, 4.69) is 9.88 Å². The van der Waals surface area contributed by atoms with E-state index in [4.69, 9.17) is 9.47 Å². The predicted octanol–water partition coefficient (Wildman–Crippen LogP) is 1.29. The largest absolute Gasteiger partial charge is 0.493 e. The van der Waals surface area contributed by atoms with Gasteiger partial charge < -0.3 is 24.3 Å². The summed E-state index contributed by atoms with van der Waals surface area (Å²) in [4.78, 5) is 6.18. The minimum Gasteiger partial charge on any atom is -0.493 e. The number of hydrogen-bond acceptors (Lipinski definition) is 6. The van der Waals surface area contributed by atoms with E-state index in [1.807, 2.05) is 29.0 Å². The van der Waals surface area contributed by atoms with Crippen molar-refractivity contribution < 1.29 is 19.7 Å². The molecule has 0 amide bonds. The molecule has 1 fully saturated rings. The number of nitrogens with zero attached hydrogens (tertiary/aromatic N) is 3. The minimum atomic E-state index is -1.01. The van der Waals surface area contributed by atoms with Crippen molar-refractivity contribution >= 4 is 0 Å². The SMILES string of the molecule is COc1cccc(CN2CCC[C@@](O)(CO)C2)c1OCCn1ccnc1. The lowest BCUT2D eigenvalue weighted by molar-refractivity contribution is -0.0688. The fourth-order valence-electron chi connectivity index (χ4n) is 3.39. The van der Waals surface area contributed by atoms with Crippen LogP contribution in [0.25, 0.3) is 0 Å². The minimum absolute atomic E-state index is 0.212. The molecule has 2 N–H and O–H groups in total. The van der Waals surface area contributed by atoms with Gasteiger partial charge in [-0.15, -0.1) is 0 Å². The molecule has 0 saturated carbocycles. The quantitative estimate of drug-likeness (QED) is 0.738. The number of benzene rings is 1. The number of methoxy groups -OCH3 is 1. The zero-order valence-electron chi connectivity index (χ0n) is 15.2. The standard InChI is InChI=1S/C19H27N3O4/c1-25-17-5-2-4-16(12-22-8-3-6-19(24,13-22)14-23)18(17)26-11-10-21-9-7-20-15-21/h2,4-5,7,9,15,23-24H,3,6,8,10-14H2,1H3/t19-/m0/s1. The maximum atomic E-state index is 10.4. The lowest BCUT2D eigenvalue weighted by Gasteiger charge is -2.38. The summed E-state index contributed by atoms with van der Waals surface area (Å²) in [6.45, 7) is 2.97. The molecule has 0 unspecified atom stereocenters. The van der Waals surface area contributed by atoms with Crippen LogP contribution in [-0.4, -0.2) is 63.7 Å². The molecule has 7 heteroatoms. The van der Waals surface area contributed by atoms with Crippen LogP contribution in [0.3, 0.4) is 0 Å². The van der Waals surface area contributed by atoms with Crippen molar-refractivity contribution in [1.82, 2.24) is 14.5 Å². The summed E-state index contributed by atoms with van der Waals surface area (Å²) in [6, 6.07) is 5.84. The first-order valence-corrected chi connectivity index (χ1v) is 8.93. The Balaban J connectivity index is 1.69. The molecule has 3 rings (SSSR count). The molecule has 1 atom stereocenters. The lowest BCUT2D eigenvalue weighted by atomic mass is 9.93. The van der Waals surface area contributed by atoms with Crippen molar-refractivity contribution in [3.63, 3.8) is 0 Å². The second kappa shape index (κ2) is 8.53. The highest BCUT2D eigenvalue weighted by Crippen LogP contribution is 2.33. The van der Waals surface area contributed by atoms with E-state index >= 15 is 0 Å². The van der Waals surface area contributed by atoms with Gasteiger partial charge >= 0.3 is 0 Å². The molecule has 1 aromatic carbocycles. The van der Waals surface area contributed by atoms with Crippen molar-refractivity contribution in [2.45, 2.75) is 31.5 Å². The van der Waals surface area contributed by atoms with Gasteiger partial charge in [-0.05, 0) is 25.5 Å². The van der Waals surface area contributed by atoms with E-state index in [0.29, 0.717) is 38.4 Å². The Labute approximate surface area is 153 Å². The van der Waals surface area contributed by atoms with Crippen LogP contribution in [-0.2, 0) is 13.1 Å². The smallest absolute Gasteiger partial charge is 0.165 e. The van der Waals surface area contributed by atoms with Gasteiger partial charge in [-0.2, -0.15) is 0 Å². The number of rotatable bonds is 8. The summed E-state index contributed by atoms with van der Waals surface area (Å²) in [6.07, 6.45) is 6.89. The van der Waals surface area contributed by atoms with Gasteiger partial charge in [0, 0.05) is 31.0 Å². The third-order valence-electron chi connectivity index (χ3n) is 4.76. The molecule has 0 radical (unpaired) electrons. The Morgan fingerprint density at radius 2 is 2.23 bits per heavy atom. The van der Waals surface area contributed by atoms with Crippen molar-refractivity contribution in [2.75, 3.05) is 33.4 Å². The molecule has 1 aromatic heterocycles. The van der Waals surface area contributed by atoms with Gasteiger partial charge in [0.2, 0.25) is 0 Å². The average molecular weight is 361 g/mol. The topological polar surface area (TPSA) is 80.0 Å². The molecule has 0 spiro atoms. The Kier molecular flexibility index (Phi) is 6.13. The van der Waals surface area contributed by atoms with Crippen molar-refractivity contribution in [3.05, 3.63) is 42.5 Å². The monoisotopic (exact) mass is 361 g/mol. The van der Waals surface area contributed by atoms with E-state index in [1.54, 1.807) is 19.6 Å². The van der Waals surface area contributed by atoms with Crippen LogP contribution in [0.4, 0.5) is 0 Å². The van der Waals surface area contributed by atoms with E-state index in [9.17, 15) is 10.2 Å². The third kappa shape index (κ3) is 4.55. The summed E-state index contributed by atoms with van der Waals surface area (Å²) in [7, 11) is 1.63. The van der Waals surface area contributed by atoms with Gasteiger partial charge in [0.05, 0.1) is 26.6 Å². The zero-order chi connectivity index (χ0) is 18.4. The van der Waals surface area contributed by atoms with Crippen LogP contribution in [0.2, 0.25) is 0 Å². The number of aliphatic hydroxyl groups excluding tert-OH is 1. The highest BCUT2D eigenvalue weighted by molar-refractivity contribution is 5.46. The molecule has 0 aliphatic carbocycles. The number of para-hydroxylation sites is 1. The van der Waals surface area contributed by atoms with Crippen LogP contribution in [0.5, 0.6) is 11.5 Å². The molecular weight excluding hydrogens is 334 g/mol. The predicted molar refractivity (Wildman–Crippen MR) is 97.3 cm³/mol. The maximum absolute atomic E-state index is 10.4. The van der Waals surface area contributed by atoms with Gasteiger partial charge in [-0.25, -0.2) is 4.98 Å². The van der Waals surface area contributed by atoms with Gasteiger partial charge in [0.25, 0.3) is 0 Å². The first-order valence-electron chi connectivity index (χ1n) is 8.93. The number of imidazole rings is 1. The normalized spacial score (nSPS) is 20.9. The molecule has 142 valence electrons. The molecule has 26 heavy (non-hydrogen) atoms. The number of aromatic nitrogens is 2. The van der Waals surface area contributed by atoms with E-state index in [-0.39, 0.29) is 6.61 Å². The summed E-state index contributed by atoms with van der Waals surface area (Å²) in [5, 5.41) is 19.8. The lowest BCUT2D eigenvalue weighted by Crippen LogP contribution is -2.50. The molecule has 2 aromatic rings. The zero-order valence-corrected chi connectivity index (χ0v) is 15.2. The second-order valence-electron chi connectivity index (χ2n) is 6.79. The average Bonchev–Trinajstić information content (AvgIpc) is 3.16. The van der Waals surface area contributed by atoms with Gasteiger partial charge in [-0.1, -0.05) is 12.1 Å². The molecule has 1 aliphatic rings. The van der Waals surface area contributed by atoms with Crippen LogP contribution >= 0.6 is 0 Å². The summed E-state index contributed by atoms with van der Waals surface area (Å²) in [5.74, 6) is 1.43. The van der Waals surface area contributed by atoms with Crippen molar-refractivity contribution in [3.8, 4) is 11.5 Å². The fraction of sp³-hybridized carbons (Fsp3) is 0.526. The molecule has 1 saturated heterocycles. The number of ether oxygens (including phenoxy) is 2. The van der Waals surface area contributed by atoms with Crippen LogP contribution in [0, 0.1) is 0 Å². The van der Waals surface area contributed by atoms with E-state index < -0.39 is 5.60 Å². The van der Waals surface area contributed by atoms with Crippen LogP contribution in [0.1, 0.15) is 18.4 Å². The maximum Gasteiger partial charge on any atom is 0.165 e. The number of likely N-dealkylation sites (tertiary alicyclic amines) is 1. The Hall–Kier alpha value is -2.09. The molecule has 2 heterocycles. The molecule has 0 bridgehead atoms. The Morgan fingerprint density at radius 3 is 2.96 bits per heavy atom. The van der Waals surface area contributed by atoms with Gasteiger partial charge in [0.1, 0.15) is 12.2 Å². The van der Waals surface area contributed by atoms with E-state index in [1.165, 1.54) is 0 Å². The molecular formula is C19H27N3O4. The first-order chi connectivity index (χ1) is 12.6. The van der Waals surface area contributed by atoms with Crippen LogP contribution < -0.4 is 9.47 Å². The van der Waals surface area contributed by atoms with Crippen molar-refractivity contribution in [2.24, 2.45) is 0 Å². The Bertz CT molecular complexity index is 692. The van der Waals surface area contributed by atoms with Crippen molar-refractivity contribution in [1.29, 1.82) is 0 Å². The number of aliphatic hydroxyl groups is 2. The summed E-state index contributed by atoms with van der Waals surface area (Å²) >= 11 is 0. The summed E-state index contributed by atoms with van der Waals surface area (Å²) < 4.78 is 13.5. The molecule has 1 aliphatic heterocycles. The number of hydrogen-bond donors (Lipinski definition) is 2. The number of β-amino-alcohol motifs (C(OH)–C–C–N with tert-alkyl or cyclic N) is 1. The summed E-state index contributed by atoms with van der Waals surface area (Å²) in [5.41, 5.74) is -0.00306. The second-order valence-corrected chi connectivity index (χ2v) is 6.79. The highest BCUT2D eigenvalue weighted by atomic mass is 16.5. The van der Waals surface area contributed by atoms with E-state index in [0.717, 1.165) is 24.3 Å².